The molecule has 6 rings (SSSR count). The van der Waals surface area contributed by atoms with Gasteiger partial charge in [-0.15, -0.1) is 5.10 Å². The van der Waals surface area contributed by atoms with Gasteiger partial charge >= 0.3 is 6.18 Å². The van der Waals surface area contributed by atoms with Crippen LogP contribution in [0.15, 0.2) is 78.9 Å². The Morgan fingerprint density at radius 3 is 2.32 bits per heavy atom. The van der Waals surface area contributed by atoms with E-state index in [0.717, 1.165) is 42.7 Å². The molecule has 0 unspecified atom stereocenters. The highest BCUT2D eigenvalue weighted by atomic mass is 19.4. The van der Waals surface area contributed by atoms with E-state index in [1.54, 1.807) is 18.2 Å². The zero-order valence-corrected chi connectivity index (χ0v) is 22.9. The SMILES string of the molecule is CCOc1ccc(-n2nnnc2C(F)(F)F)cc1CN1C[C@@H]2CCCN2[C@H](C(c2ccccc2)c2ccccc2)C1. The highest BCUT2D eigenvalue weighted by Gasteiger charge is 2.42. The van der Waals surface area contributed by atoms with Gasteiger partial charge in [-0.05, 0) is 66.1 Å². The predicted octanol–water partition coefficient (Wildman–Crippen LogP) is 5.56. The number of hydrogen-bond donors (Lipinski definition) is 0. The molecule has 2 fully saturated rings. The number of alkyl halides is 3. The molecule has 0 saturated carbocycles. The molecule has 214 valence electrons. The molecule has 10 heteroatoms. The molecule has 0 aliphatic carbocycles. The lowest BCUT2D eigenvalue weighted by atomic mass is 9.82. The average molecular weight is 563 g/mol. The Bertz CT molecular complexity index is 1410. The number of tetrazole rings is 1. The van der Waals surface area contributed by atoms with Gasteiger partial charge in [-0.3, -0.25) is 9.80 Å². The van der Waals surface area contributed by atoms with Crippen LogP contribution in [0.3, 0.4) is 0 Å². The summed E-state index contributed by atoms with van der Waals surface area (Å²) in [5.74, 6) is -0.305. The highest BCUT2D eigenvalue weighted by Crippen LogP contribution is 2.38. The minimum absolute atomic E-state index is 0.189. The van der Waals surface area contributed by atoms with Gasteiger partial charge in [0.1, 0.15) is 5.75 Å². The standard InChI is InChI=1S/C31H33F3N6O/c1-2-41-28-16-15-25(40-30(31(32,33)34)35-36-37-40)18-24(28)19-38-20-26-14-9-17-39(26)27(21-38)29(22-10-5-3-6-11-22)23-12-7-4-8-13-23/h3-8,10-13,15-16,18,26-27,29H,2,9,14,17,19-21H2,1H3/t26-,27-/m0/s1. The monoisotopic (exact) mass is 562 g/mol. The van der Waals surface area contributed by atoms with E-state index in [-0.39, 0.29) is 17.6 Å². The maximum absolute atomic E-state index is 13.6. The van der Waals surface area contributed by atoms with Crippen LogP contribution in [0.4, 0.5) is 13.2 Å². The van der Waals surface area contributed by atoms with E-state index in [1.807, 2.05) is 6.92 Å². The quantitative estimate of drug-likeness (QED) is 0.280. The molecule has 0 bridgehead atoms. The van der Waals surface area contributed by atoms with Gasteiger partial charge in [-0.25, -0.2) is 0 Å². The van der Waals surface area contributed by atoms with Crippen molar-refractivity contribution in [3.05, 3.63) is 101 Å². The van der Waals surface area contributed by atoms with E-state index in [4.69, 9.17) is 4.74 Å². The predicted molar refractivity (Wildman–Crippen MR) is 149 cm³/mol. The topological polar surface area (TPSA) is 59.3 Å². The first-order valence-corrected chi connectivity index (χ1v) is 14.1. The van der Waals surface area contributed by atoms with Crippen molar-refractivity contribution in [1.82, 2.24) is 30.0 Å². The third kappa shape index (κ3) is 5.71. The fourth-order valence-electron chi connectivity index (χ4n) is 6.51. The Kier molecular flexibility index (Phi) is 7.77. The lowest BCUT2D eigenvalue weighted by Gasteiger charge is -2.47. The third-order valence-corrected chi connectivity index (χ3v) is 8.17. The van der Waals surface area contributed by atoms with E-state index in [9.17, 15) is 13.2 Å². The van der Waals surface area contributed by atoms with Gasteiger partial charge in [-0.1, -0.05) is 60.7 Å². The van der Waals surface area contributed by atoms with Crippen LogP contribution >= 0.6 is 0 Å². The molecule has 0 radical (unpaired) electrons. The molecule has 2 atom stereocenters. The van der Waals surface area contributed by atoms with E-state index >= 15 is 0 Å². The van der Waals surface area contributed by atoms with Crippen LogP contribution < -0.4 is 4.74 Å². The number of fused-ring (bicyclic) bond motifs is 1. The molecule has 2 aliphatic rings. The molecule has 41 heavy (non-hydrogen) atoms. The molecule has 0 amide bonds. The first-order valence-electron chi connectivity index (χ1n) is 14.1. The van der Waals surface area contributed by atoms with Crippen LogP contribution in [0, 0.1) is 0 Å². The second-order valence-corrected chi connectivity index (χ2v) is 10.7. The van der Waals surface area contributed by atoms with E-state index < -0.39 is 12.0 Å². The Labute approximate surface area is 237 Å². The summed E-state index contributed by atoms with van der Waals surface area (Å²) in [4.78, 5) is 5.11. The summed E-state index contributed by atoms with van der Waals surface area (Å²) < 4.78 is 47.4. The molecule has 2 saturated heterocycles. The second-order valence-electron chi connectivity index (χ2n) is 10.7. The summed E-state index contributed by atoms with van der Waals surface area (Å²) in [5, 5.41) is 10.1. The fraction of sp³-hybridized carbons (Fsp3) is 0.387. The van der Waals surface area contributed by atoms with Crippen molar-refractivity contribution in [1.29, 1.82) is 0 Å². The summed E-state index contributed by atoms with van der Waals surface area (Å²) in [7, 11) is 0. The number of ether oxygens (including phenoxy) is 1. The molecule has 2 aliphatic heterocycles. The van der Waals surface area contributed by atoms with Crippen molar-refractivity contribution in [2.24, 2.45) is 0 Å². The number of benzene rings is 3. The van der Waals surface area contributed by atoms with Crippen LogP contribution in [0.5, 0.6) is 5.75 Å². The van der Waals surface area contributed by atoms with Gasteiger partial charge in [-0.2, -0.15) is 17.9 Å². The number of hydrogen-bond acceptors (Lipinski definition) is 6. The van der Waals surface area contributed by atoms with Crippen LogP contribution in [0.2, 0.25) is 0 Å². The number of aromatic nitrogens is 4. The average Bonchev–Trinajstić information content (AvgIpc) is 3.66. The second kappa shape index (κ2) is 11.6. The number of nitrogens with zero attached hydrogens (tertiary/aromatic N) is 6. The molecule has 3 aromatic carbocycles. The Morgan fingerprint density at radius 2 is 1.66 bits per heavy atom. The molecule has 0 spiro atoms. The van der Waals surface area contributed by atoms with Gasteiger partial charge in [0, 0.05) is 43.2 Å². The van der Waals surface area contributed by atoms with Crippen molar-refractivity contribution >= 4 is 0 Å². The fourth-order valence-corrected chi connectivity index (χ4v) is 6.51. The molecule has 4 aromatic rings. The van der Waals surface area contributed by atoms with Gasteiger partial charge in [0.15, 0.2) is 0 Å². The maximum atomic E-state index is 13.6. The minimum Gasteiger partial charge on any atom is -0.494 e. The summed E-state index contributed by atoms with van der Waals surface area (Å²) in [5.41, 5.74) is 3.63. The van der Waals surface area contributed by atoms with Crippen molar-refractivity contribution in [2.75, 3.05) is 26.2 Å². The summed E-state index contributed by atoms with van der Waals surface area (Å²) in [6, 6.07) is 27.0. The maximum Gasteiger partial charge on any atom is 0.453 e. The molecular formula is C31H33F3N6O. The van der Waals surface area contributed by atoms with Crippen LogP contribution in [0.25, 0.3) is 5.69 Å². The molecule has 0 N–H and O–H groups in total. The van der Waals surface area contributed by atoms with E-state index in [1.165, 1.54) is 11.1 Å². The summed E-state index contributed by atoms with van der Waals surface area (Å²) in [6.07, 6.45) is -2.39. The smallest absolute Gasteiger partial charge is 0.453 e. The summed E-state index contributed by atoms with van der Waals surface area (Å²) >= 11 is 0. The van der Waals surface area contributed by atoms with Gasteiger partial charge in [0.25, 0.3) is 5.82 Å². The van der Waals surface area contributed by atoms with E-state index in [2.05, 4.69) is 86.0 Å². The van der Waals surface area contributed by atoms with Crippen LogP contribution in [-0.4, -0.2) is 68.3 Å². The lowest BCUT2D eigenvalue weighted by Crippen LogP contribution is -2.57. The Hall–Kier alpha value is -3.76. The first-order chi connectivity index (χ1) is 19.9. The highest BCUT2D eigenvalue weighted by molar-refractivity contribution is 5.44. The van der Waals surface area contributed by atoms with E-state index in [0.29, 0.717) is 24.9 Å². The van der Waals surface area contributed by atoms with Crippen molar-refractivity contribution < 1.29 is 17.9 Å². The van der Waals surface area contributed by atoms with Crippen molar-refractivity contribution in [3.63, 3.8) is 0 Å². The van der Waals surface area contributed by atoms with Gasteiger partial charge in [0.2, 0.25) is 0 Å². The molecular weight excluding hydrogens is 529 g/mol. The number of halogens is 3. The molecule has 3 heterocycles. The molecule has 1 aromatic heterocycles. The molecule has 7 nitrogen and oxygen atoms in total. The third-order valence-electron chi connectivity index (χ3n) is 8.17. The number of piperazine rings is 1. The summed E-state index contributed by atoms with van der Waals surface area (Å²) in [6.45, 7) is 5.68. The van der Waals surface area contributed by atoms with Crippen LogP contribution in [-0.2, 0) is 12.7 Å². The van der Waals surface area contributed by atoms with Crippen molar-refractivity contribution in [2.45, 2.75) is 50.5 Å². The lowest BCUT2D eigenvalue weighted by molar-refractivity contribution is -0.146. The number of rotatable bonds is 8. The van der Waals surface area contributed by atoms with Gasteiger partial charge < -0.3 is 4.74 Å². The minimum atomic E-state index is -4.67. The first kappa shape index (κ1) is 27.4. The van der Waals surface area contributed by atoms with Crippen LogP contribution in [0.1, 0.15) is 48.2 Å². The zero-order chi connectivity index (χ0) is 28.4. The Balaban J connectivity index is 1.35. The normalized spacial score (nSPS) is 19.9. The van der Waals surface area contributed by atoms with Crippen molar-refractivity contribution in [3.8, 4) is 11.4 Å². The van der Waals surface area contributed by atoms with Gasteiger partial charge in [0.05, 0.1) is 12.3 Å². The zero-order valence-electron chi connectivity index (χ0n) is 22.9. The Morgan fingerprint density at radius 1 is 0.951 bits per heavy atom. The largest absolute Gasteiger partial charge is 0.494 e.